The number of ether oxygens (including phenoxy) is 1. The van der Waals surface area contributed by atoms with Gasteiger partial charge in [-0.1, -0.05) is 30.3 Å². The van der Waals surface area contributed by atoms with Crippen molar-refractivity contribution in [3.63, 3.8) is 0 Å². The summed E-state index contributed by atoms with van der Waals surface area (Å²) in [5.41, 5.74) is 2.25. The fourth-order valence-corrected chi connectivity index (χ4v) is 5.28. The lowest BCUT2D eigenvalue weighted by atomic mass is 10.1. The molecule has 184 valence electrons. The van der Waals surface area contributed by atoms with Gasteiger partial charge in [0.25, 0.3) is 6.43 Å². The summed E-state index contributed by atoms with van der Waals surface area (Å²) >= 11 is -1.39. The minimum atomic E-state index is -2.62. The number of piperazine rings is 1. The molecule has 3 atom stereocenters. The molecule has 1 aliphatic rings. The van der Waals surface area contributed by atoms with Crippen molar-refractivity contribution in [1.29, 1.82) is 0 Å². The van der Waals surface area contributed by atoms with E-state index in [9.17, 15) is 13.0 Å². The van der Waals surface area contributed by atoms with Crippen LogP contribution in [0.5, 0.6) is 0 Å². The molecule has 0 spiro atoms. The van der Waals surface area contributed by atoms with Crippen LogP contribution in [0, 0.1) is 0 Å². The van der Waals surface area contributed by atoms with Crippen LogP contribution in [0.2, 0.25) is 0 Å². The van der Waals surface area contributed by atoms with E-state index in [2.05, 4.69) is 42.7 Å². The molecule has 10 heteroatoms. The Morgan fingerprint density at radius 1 is 1.15 bits per heavy atom. The highest BCUT2D eigenvalue weighted by Gasteiger charge is 2.32. The summed E-state index contributed by atoms with van der Waals surface area (Å²) in [5.74, 6) is -0.0225. The van der Waals surface area contributed by atoms with E-state index >= 15 is 0 Å². The van der Waals surface area contributed by atoms with Crippen molar-refractivity contribution in [3.8, 4) is 0 Å². The SMILES string of the molecule is C=N/N=C(\OCC(F)F)c1ccc(CN(c2ccccc2)S(=O)N2CC(C)N(C)C(C)C2)cc1. The highest BCUT2D eigenvalue weighted by atomic mass is 32.2. The first-order valence-corrected chi connectivity index (χ1v) is 12.1. The lowest BCUT2D eigenvalue weighted by molar-refractivity contribution is 0.0765. The van der Waals surface area contributed by atoms with Crippen LogP contribution >= 0.6 is 0 Å². The molecule has 0 N–H and O–H groups in total. The molecule has 2 aromatic carbocycles. The smallest absolute Gasteiger partial charge is 0.272 e. The van der Waals surface area contributed by atoms with Gasteiger partial charge in [0.1, 0.15) is 0 Å². The second-order valence-corrected chi connectivity index (χ2v) is 9.68. The van der Waals surface area contributed by atoms with E-state index in [1.54, 1.807) is 12.1 Å². The van der Waals surface area contributed by atoms with E-state index in [-0.39, 0.29) is 18.0 Å². The summed E-state index contributed by atoms with van der Waals surface area (Å²) in [4.78, 5) is 2.30. The van der Waals surface area contributed by atoms with Gasteiger partial charge in [0.2, 0.25) is 5.90 Å². The average Bonchev–Trinajstić information content (AvgIpc) is 2.83. The lowest BCUT2D eigenvalue weighted by Crippen LogP contribution is -2.57. The van der Waals surface area contributed by atoms with Crippen molar-refractivity contribution in [1.82, 2.24) is 9.21 Å². The Morgan fingerprint density at radius 2 is 1.76 bits per heavy atom. The minimum Gasteiger partial charge on any atom is -0.470 e. The number of alkyl halides is 2. The third kappa shape index (κ3) is 6.68. The summed E-state index contributed by atoms with van der Waals surface area (Å²) in [6.45, 7) is 8.56. The maximum Gasteiger partial charge on any atom is 0.272 e. The second-order valence-electron chi connectivity index (χ2n) is 8.26. The molecule has 0 amide bonds. The van der Waals surface area contributed by atoms with Crippen LogP contribution in [0.25, 0.3) is 0 Å². The first-order valence-electron chi connectivity index (χ1n) is 11.1. The third-order valence-electron chi connectivity index (χ3n) is 5.81. The van der Waals surface area contributed by atoms with Gasteiger partial charge in [-0.3, -0.25) is 9.21 Å². The first-order chi connectivity index (χ1) is 16.3. The number of para-hydroxylation sites is 1. The molecule has 3 rings (SSSR count). The Hall–Kier alpha value is -2.69. The molecule has 0 aromatic heterocycles. The molecule has 0 bridgehead atoms. The van der Waals surface area contributed by atoms with Gasteiger partial charge in [-0.05, 0) is 50.7 Å². The van der Waals surface area contributed by atoms with E-state index in [4.69, 9.17) is 4.74 Å². The molecule has 1 fully saturated rings. The van der Waals surface area contributed by atoms with Crippen molar-refractivity contribution < 1.29 is 17.7 Å². The van der Waals surface area contributed by atoms with E-state index < -0.39 is 24.2 Å². The summed E-state index contributed by atoms with van der Waals surface area (Å²) < 4.78 is 47.8. The van der Waals surface area contributed by atoms with Crippen molar-refractivity contribution in [2.45, 2.75) is 38.9 Å². The second kappa shape index (κ2) is 12.1. The van der Waals surface area contributed by atoms with Crippen LogP contribution in [-0.2, 0) is 22.5 Å². The van der Waals surface area contributed by atoms with Crippen LogP contribution in [-0.4, -0.2) is 71.3 Å². The zero-order valence-corrected chi connectivity index (χ0v) is 20.5. The fourth-order valence-electron chi connectivity index (χ4n) is 3.75. The molecular weight excluding hydrogens is 460 g/mol. The van der Waals surface area contributed by atoms with Gasteiger partial charge in [0.15, 0.2) is 17.8 Å². The summed E-state index contributed by atoms with van der Waals surface area (Å²) in [6.07, 6.45) is -2.62. The standard InChI is InChI=1S/C24H31F2N5O2S/c1-18-14-30(15-19(2)29(18)4)34(32)31(22-8-6-5-7-9-22)16-20-10-12-21(13-11-20)24(28-27-3)33-17-23(25)26/h5-13,18-19,23H,3,14-17H2,1-2,4H3/b28-24-. The van der Waals surface area contributed by atoms with Gasteiger partial charge in [-0.15, -0.1) is 5.10 Å². The van der Waals surface area contributed by atoms with Crippen molar-refractivity contribution in [2.24, 2.45) is 10.2 Å². The number of nitrogens with zero attached hydrogens (tertiary/aromatic N) is 5. The van der Waals surface area contributed by atoms with Gasteiger partial charge in [-0.2, -0.15) is 5.10 Å². The molecule has 0 aliphatic carbocycles. The van der Waals surface area contributed by atoms with Crippen LogP contribution in [0.3, 0.4) is 0 Å². The highest BCUT2D eigenvalue weighted by Crippen LogP contribution is 2.24. The Bertz CT molecular complexity index is 979. The van der Waals surface area contributed by atoms with Crippen molar-refractivity contribution in [3.05, 3.63) is 65.7 Å². The van der Waals surface area contributed by atoms with Gasteiger partial charge in [-0.25, -0.2) is 17.3 Å². The zero-order chi connectivity index (χ0) is 24.7. The average molecular weight is 492 g/mol. The molecular formula is C24H31F2N5O2S. The molecule has 1 saturated heterocycles. The number of hydrogen-bond donors (Lipinski definition) is 0. The number of benzene rings is 2. The molecule has 7 nitrogen and oxygen atoms in total. The van der Waals surface area contributed by atoms with E-state index in [1.807, 2.05) is 51.1 Å². The zero-order valence-electron chi connectivity index (χ0n) is 19.7. The molecule has 1 aliphatic heterocycles. The van der Waals surface area contributed by atoms with Gasteiger partial charge in [0.05, 0.1) is 12.2 Å². The molecule has 0 radical (unpaired) electrons. The fraction of sp³-hybridized carbons (Fsp3) is 0.417. The highest BCUT2D eigenvalue weighted by molar-refractivity contribution is 7.84. The number of anilines is 1. The molecule has 2 aromatic rings. The van der Waals surface area contributed by atoms with Crippen LogP contribution in [0.4, 0.5) is 14.5 Å². The number of hydrogen-bond acceptors (Lipinski definition) is 5. The van der Waals surface area contributed by atoms with Crippen LogP contribution in [0.15, 0.2) is 64.8 Å². The summed E-state index contributed by atoms with van der Waals surface area (Å²) in [6, 6.07) is 17.3. The Balaban J connectivity index is 1.81. The number of halogens is 2. The monoisotopic (exact) mass is 491 g/mol. The van der Waals surface area contributed by atoms with Crippen LogP contribution < -0.4 is 4.31 Å². The Morgan fingerprint density at radius 3 is 2.32 bits per heavy atom. The van der Waals surface area contributed by atoms with E-state index in [1.165, 1.54) is 0 Å². The largest absolute Gasteiger partial charge is 0.470 e. The summed E-state index contributed by atoms with van der Waals surface area (Å²) in [5, 5.41) is 7.12. The molecule has 1 heterocycles. The van der Waals surface area contributed by atoms with E-state index in [0.717, 1.165) is 11.3 Å². The maximum absolute atomic E-state index is 13.7. The normalized spacial score (nSPS) is 20.8. The third-order valence-corrected chi connectivity index (χ3v) is 7.27. The maximum atomic E-state index is 13.7. The van der Waals surface area contributed by atoms with Crippen molar-refractivity contribution in [2.75, 3.05) is 31.0 Å². The topological polar surface area (TPSA) is 60.7 Å². The molecule has 3 unspecified atom stereocenters. The van der Waals surface area contributed by atoms with Crippen molar-refractivity contribution >= 4 is 29.5 Å². The van der Waals surface area contributed by atoms with Gasteiger partial charge < -0.3 is 4.74 Å². The van der Waals surface area contributed by atoms with E-state index in [0.29, 0.717) is 25.2 Å². The number of rotatable bonds is 9. The quantitative estimate of drug-likeness (QED) is 0.303. The minimum absolute atomic E-state index is 0.0225. The summed E-state index contributed by atoms with van der Waals surface area (Å²) in [7, 11) is 2.09. The Kier molecular flexibility index (Phi) is 9.26. The number of likely N-dealkylation sites (N-methyl/N-ethyl adjacent to an activating group) is 1. The Labute approximate surface area is 202 Å². The van der Waals surface area contributed by atoms with Crippen LogP contribution in [0.1, 0.15) is 25.0 Å². The molecule has 0 saturated carbocycles. The predicted molar refractivity (Wildman–Crippen MR) is 134 cm³/mol. The predicted octanol–water partition coefficient (Wildman–Crippen LogP) is 3.94. The van der Waals surface area contributed by atoms with Gasteiger partial charge >= 0.3 is 0 Å². The van der Waals surface area contributed by atoms with Gasteiger partial charge in [0, 0.05) is 37.5 Å². The molecule has 34 heavy (non-hydrogen) atoms. The lowest BCUT2D eigenvalue weighted by Gasteiger charge is -2.43. The first kappa shape index (κ1) is 25.9.